The van der Waals surface area contributed by atoms with Crippen molar-refractivity contribution in [3.8, 4) is 0 Å². The molecule has 1 atom stereocenters. The summed E-state index contributed by atoms with van der Waals surface area (Å²) in [5.74, 6) is 0.0401. The molecule has 2 rings (SSSR count). The van der Waals surface area contributed by atoms with E-state index in [1.807, 2.05) is 13.0 Å². The van der Waals surface area contributed by atoms with Gasteiger partial charge >= 0.3 is 0 Å². The summed E-state index contributed by atoms with van der Waals surface area (Å²) in [4.78, 5) is 29.7. The molecule has 0 aliphatic heterocycles. The highest BCUT2D eigenvalue weighted by Crippen LogP contribution is 2.21. The summed E-state index contributed by atoms with van der Waals surface area (Å²) >= 11 is 0. The number of ether oxygens (including phenoxy) is 1. The van der Waals surface area contributed by atoms with Crippen LogP contribution in [0, 0.1) is 5.41 Å². The minimum absolute atomic E-state index is 0.0555. The van der Waals surface area contributed by atoms with Crippen LogP contribution in [0.4, 0.5) is 5.82 Å². The van der Waals surface area contributed by atoms with Crippen molar-refractivity contribution in [3.05, 3.63) is 71.2 Å². The Hall–Kier alpha value is -4.08. The first-order valence-electron chi connectivity index (χ1n) is 10.9. The van der Waals surface area contributed by atoms with E-state index in [1.54, 1.807) is 49.5 Å². The summed E-state index contributed by atoms with van der Waals surface area (Å²) in [6, 6.07) is 10.6. The van der Waals surface area contributed by atoms with Crippen LogP contribution >= 0.6 is 0 Å². The maximum atomic E-state index is 13.4. The predicted octanol–water partition coefficient (Wildman–Crippen LogP) is 1.17. The number of anilines is 1. The van der Waals surface area contributed by atoms with Gasteiger partial charge in [-0.2, -0.15) is 0 Å². The van der Waals surface area contributed by atoms with Crippen LogP contribution in [0.25, 0.3) is 0 Å². The van der Waals surface area contributed by atoms with Crippen molar-refractivity contribution in [2.24, 2.45) is 5.73 Å². The van der Waals surface area contributed by atoms with Gasteiger partial charge in [0.25, 0.3) is 0 Å². The highest BCUT2D eigenvalue weighted by Gasteiger charge is 2.38. The van der Waals surface area contributed by atoms with E-state index >= 15 is 0 Å². The summed E-state index contributed by atoms with van der Waals surface area (Å²) < 4.78 is 5.35. The van der Waals surface area contributed by atoms with Crippen LogP contribution in [0.1, 0.15) is 37.0 Å². The Kier molecular flexibility index (Phi) is 9.42. The molecule has 0 aliphatic rings. The van der Waals surface area contributed by atoms with Crippen LogP contribution in [0.5, 0.6) is 0 Å². The molecule has 8 N–H and O–H groups in total. The Bertz CT molecular complexity index is 1050. The number of pyridine rings is 1. The first-order valence-corrected chi connectivity index (χ1v) is 10.9. The van der Waals surface area contributed by atoms with E-state index in [1.165, 1.54) is 7.11 Å². The molecule has 0 saturated heterocycles. The number of nitrogen functional groups attached to an aromatic ring is 2. The number of nitrogens with zero attached hydrogens (tertiary/aromatic N) is 1. The molecular weight excluding hydrogens is 434 g/mol. The third-order valence-corrected chi connectivity index (χ3v) is 5.37. The fourth-order valence-electron chi connectivity index (χ4n) is 3.43. The SMILES string of the molecule is C/C=C(/NC(CC)(Cc1cccc(C(=N)N)c1)C(=O)NCC(=O)NCc1ccnc(N)c1)OC. The number of nitrogens with one attached hydrogen (secondary N) is 4. The van der Waals surface area contributed by atoms with Crippen LogP contribution in [0.2, 0.25) is 0 Å². The molecule has 0 spiro atoms. The minimum atomic E-state index is -1.10. The second kappa shape index (κ2) is 12.2. The molecule has 182 valence electrons. The Labute approximate surface area is 199 Å². The van der Waals surface area contributed by atoms with E-state index in [9.17, 15) is 9.59 Å². The van der Waals surface area contributed by atoms with Gasteiger partial charge < -0.3 is 32.2 Å². The number of methoxy groups -OCH3 is 1. The number of benzene rings is 1. The second-order valence-corrected chi connectivity index (χ2v) is 7.76. The van der Waals surface area contributed by atoms with Gasteiger partial charge in [0.1, 0.15) is 17.2 Å². The first-order chi connectivity index (χ1) is 16.2. The maximum absolute atomic E-state index is 13.4. The zero-order chi connectivity index (χ0) is 25.1. The largest absolute Gasteiger partial charge is 0.483 e. The lowest BCUT2D eigenvalue weighted by molar-refractivity contribution is -0.130. The summed E-state index contributed by atoms with van der Waals surface area (Å²) in [7, 11) is 1.51. The van der Waals surface area contributed by atoms with Gasteiger partial charge in [0.05, 0.1) is 13.7 Å². The zero-order valence-corrected chi connectivity index (χ0v) is 19.8. The lowest BCUT2D eigenvalue weighted by Gasteiger charge is -2.34. The Morgan fingerprint density at radius 3 is 2.59 bits per heavy atom. The molecule has 0 saturated carbocycles. The maximum Gasteiger partial charge on any atom is 0.246 e. The lowest BCUT2D eigenvalue weighted by Crippen LogP contribution is -2.59. The van der Waals surface area contributed by atoms with Gasteiger partial charge in [-0.05, 0) is 48.7 Å². The molecular formula is C24H33N7O3. The molecule has 0 fully saturated rings. The van der Waals surface area contributed by atoms with Crippen LogP contribution in [0.3, 0.4) is 0 Å². The van der Waals surface area contributed by atoms with Gasteiger partial charge in [-0.3, -0.25) is 15.0 Å². The van der Waals surface area contributed by atoms with Gasteiger partial charge in [-0.15, -0.1) is 0 Å². The highest BCUT2D eigenvalue weighted by atomic mass is 16.5. The van der Waals surface area contributed by atoms with Crippen LogP contribution < -0.4 is 27.4 Å². The third kappa shape index (κ3) is 7.22. The van der Waals surface area contributed by atoms with Gasteiger partial charge in [-0.1, -0.05) is 25.1 Å². The van der Waals surface area contributed by atoms with Crippen molar-refractivity contribution >= 4 is 23.5 Å². The third-order valence-electron chi connectivity index (χ3n) is 5.37. The average molecular weight is 468 g/mol. The van der Waals surface area contributed by atoms with Crippen LogP contribution in [0.15, 0.2) is 54.6 Å². The molecule has 0 radical (unpaired) electrons. The van der Waals surface area contributed by atoms with Crippen molar-refractivity contribution in [1.82, 2.24) is 20.9 Å². The number of nitrogens with two attached hydrogens (primary N) is 2. The van der Waals surface area contributed by atoms with E-state index in [-0.39, 0.29) is 37.2 Å². The van der Waals surface area contributed by atoms with Crippen molar-refractivity contribution in [2.45, 2.75) is 38.8 Å². The quantitative estimate of drug-likeness (QED) is 0.155. The Morgan fingerprint density at radius 1 is 1.21 bits per heavy atom. The van der Waals surface area contributed by atoms with Gasteiger partial charge in [0.15, 0.2) is 5.88 Å². The molecule has 1 aromatic carbocycles. The lowest BCUT2D eigenvalue weighted by atomic mass is 9.86. The summed E-state index contributed by atoms with van der Waals surface area (Å²) in [5, 5.41) is 16.4. The Morgan fingerprint density at radius 2 is 1.97 bits per heavy atom. The van der Waals surface area contributed by atoms with E-state index in [0.29, 0.717) is 23.7 Å². The molecule has 10 nitrogen and oxygen atoms in total. The Balaban J connectivity index is 2.15. The molecule has 2 amide bonds. The van der Waals surface area contributed by atoms with E-state index in [2.05, 4.69) is 20.9 Å². The normalized spacial score (nSPS) is 12.9. The van der Waals surface area contributed by atoms with Crippen LogP contribution in [-0.2, 0) is 27.3 Å². The first kappa shape index (κ1) is 26.2. The number of allylic oxidation sites excluding steroid dienone is 1. The number of rotatable bonds is 12. The zero-order valence-electron chi connectivity index (χ0n) is 19.8. The molecule has 0 aliphatic carbocycles. The minimum Gasteiger partial charge on any atom is -0.483 e. The van der Waals surface area contributed by atoms with Crippen molar-refractivity contribution in [3.63, 3.8) is 0 Å². The van der Waals surface area contributed by atoms with E-state index < -0.39 is 5.54 Å². The number of aromatic nitrogens is 1. The van der Waals surface area contributed by atoms with Crippen molar-refractivity contribution in [2.75, 3.05) is 19.4 Å². The summed E-state index contributed by atoms with van der Waals surface area (Å²) in [5.41, 5.74) is 12.4. The molecule has 10 heteroatoms. The molecule has 34 heavy (non-hydrogen) atoms. The number of carbonyl (C=O) groups is 2. The van der Waals surface area contributed by atoms with Gasteiger partial charge in [0, 0.05) is 24.7 Å². The number of amides is 2. The number of hydrogen-bond acceptors (Lipinski definition) is 7. The predicted molar refractivity (Wildman–Crippen MR) is 132 cm³/mol. The smallest absolute Gasteiger partial charge is 0.246 e. The van der Waals surface area contributed by atoms with E-state index in [0.717, 1.165) is 11.1 Å². The summed E-state index contributed by atoms with van der Waals surface area (Å²) in [6.07, 6.45) is 3.98. The monoisotopic (exact) mass is 467 g/mol. The average Bonchev–Trinajstić information content (AvgIpc) is 2.84. The standard InChI is InChI=1S/C24H33N7O3/c1-4-21(34-3)31-24(5-2,13-16-7-6-8-18(11-16)22(26)27)23(33)30-15-20(32)29-14-17-9-10-28-19(25)12-17/h4,6-12,31H,5,13-15H2,1-3H3,(H2,25,28)(H3,26,27)(H,29,32)(H,30,33)/b21-4-. The fraction of sp³-hybridized carbons (Fsp3) is 0.333. The highest BCUT2D eigenvalue weighted by molar-refractivity contribution is 5.95. The molecule has 2 aromatic rings. The topological polar surface area (TPSA) is 168 Å². The van der Waals surface area contributed by atoms with Gasteiger partial charge in [-0.25, -0.2) is 4.98 Å². The molecule has 1 heterocycles. The number of hydrogen-bond donors (Lipinski definition) is 6. The van der Waals surface area contributed by atoms with Crippen molar-refractivity contribution < 1.29 is 14.3 Å². The number of carbonyl (C=O) groups excluding carboxylic acids is 2. The fourth-order valence-corrected chi connectivity index (χ4v) is 3.43. The number of amidine groups is 1. The molecule has 0 bridgehead atoms. The molecule has 1 aromatic heterocycles. The second-order valence-electron chi connectivity index (χ2n) is 7.76. The molecule has 1 unspecified atom stereocenters. The van der Waals surface area contributed by atoms with Gasteiger partial charge in [0.2, 0.25) is 11.8 Å². The van der Waals surface area contributed by atoms with E-state index in [4.69, 9.17) is 21.6 Å². The summed E-state index contributed by atoms with van der Waals surface area (Å²) in [6.45, 7) is 3.73. The van der Waals surface area contributed by atoms with Crippen LogP contribution in [-0.4, -0.2) is 41.8 Å². The van der Waals surface area contributed by atoms with Crippen molar-refractivity contribution in [1.29, 1.82) is 5.41 Å².